The highest BCUT2D eigenvalue weighted by Gasteiger charge is 2.14. The fourth-order valence-electron chi connectivity index (χ4n) is 2.08. The minimum atomic E-state index is -0.192. The zero-order valence-corrected chi connectivity index (χ0v) is 9.23. The Labute approximate surface area is 98.3 Å². The third-order valence-electron chi connectivity index (χ3n) is 2.92. The van der Waals surface area contributed by atoms with Gasteiger partial charge in [0, 0.05) is 11.9 Å². The summed E-state index contributed by atoms with van der Waals surface area (Å²) in [6, 6.07) is 3.64. The lowest BCUT2D eigenvalue weighted by Crippen LogP contribution is -2.12. The minimum absolute atomic E-state index is 0.192. The summed E-state index contributed by atoms with van der Waals surface area (Å²) in [5.74, 6) is -0.192. The fraction of sp³-hybridized carbons (Fsp3) is 0.250. The van der Waals surface area contributed by atoms with Gasteiger partial charge in [-0.1, -0.05) is 0 Å². The van der Waals surface area contributed by atoms with Crippen LogP contribution >= 0.6 is 0 Å². The lowest BCUT2D eigenvalue weighted by Gasteiger charge is -2.05. The van der Waals surface area contributed by atoms with E-state index in [2.05, 4.69) is 20.5 Å². The van der Waals surface area contributed by atoms with Crippen molar-refractivity contribution >= 4 is 11.6 Å². The highest BCUT2D eigenvalue weighted by molar-refractivity contribution is 6.02. The van der Waals surface area contributed by atoms with Gasteiger partial charge in [0.15, 0.2) is 0 Å². The third kappa shape index (κ3) is 1.91. The van der Waals surface area contributed by atoms with E-state index in [0.717, 1.165) is 30.6 Å². The van der Waals surface area contributed by atoms with Gasteiger partial charge < -0.3 is 5.32 Å². The molecule has 0 saturated heterocycles. The molecule has 1 aliphatic rings. The molecule has 0 radical (unpaired) electrons. The number of amides is 1. The van der Waals surface area contributed by atoms with Crippen LogP contribution in [-0.2, 0) is 12.8 Å². The molecule has 17 heavy (non-hydrogen) atoms. The Kier molecular flexibility index (Phi) is 2.36. The molecule has 0 unspecified atom stereocenters. The summed E-state index contributed by atoms with van der Waals surface area (Å²) in [7, 11) is 0. The summed E-state index contributed by atoms with van der Waals surface area (Å²) in [6.07, 6.45) is 6.51. The SMILES string of the molecule is O=C(Nc1cnc2c(c1)CCC2)c1ccn[nH]1. The zero-order valence-electron chi connectivity index (χ0n) is 9.23. The number of rotatable bonds is 2. The van der Waals surface area contributed by atoms with Crippen LogP contribution in [0.5, 0.6) is 0 Å². The molecule has 5 nitrogen and oxygen atoms in total. The molecular formula is C12H12N4O. The maximum atomic E-state index is 11.8. The first kappa shape index (κ1) is 10.0. The molecule has 1 aliphatic carbocycles. The van der Waals surface area contributed by atoms with Gasteiger partial charge in [-0.25, -0.2) is 0 Å². The van der Waals surface area contributed by atoms with E-state index in [-0.39, 0.29) is 5.91 Å². The predicted molar refractivity (Wildman–Crippen MR) is 62.8 cm³/mol. The van der Waals surface area contributed by atoms with Crippen molar-refractivity contribution in [1.82, 2.24) is 15.2 Å². The summed E-state index contributed by atoms with van der Waals surface area (Å²) in [4.78, 5) is 16.1. The minimum Gasteiger partial charge on any atom is -0.319 e. The lowest BCUT2D eigenvalue weighted by molar-refractivity contribution is 0.102. The first-order valence-corrected chi connectivity index (χ1v) is 5.61. The number of aromatic amines is 1. The highest BCUT2D eigenvalue weighted by Crippen LogP contribution is 2.22. The third-order valence-corrected chi connectivity index (χ3v) is 2.92. The van der Waals surface area contributed by atoms with E-state index in [1.165, 1.54) is 5.56 Å². The number of carbonyl (C=O) groups excluding carboxylic acids is 1. The van der Waals surface area contributed by atoms with Gasteiger partial charge in [-0.15, -0.1) is 0 Å². The van der Waals surface area contributed by atoms with Crippen LogP contribution in [-0.4, -0.2) is 21.1 Å². The van der Waals surface area contributed by atoms with Crippen molar-refractivity contribution in [2.24, 2.45) is 0 Å². The Balaban J connectivity index is 1.80. The molecule has 0 spiro atoms. The Bertz CT molecular complexity index is 548. The van der Waals surface area contributed by atoms with E-state index in [9.17, 15) is 4.79 Å². The van der Waals surface area contributed by atoms with Gasteiger partial charge in [0.1, 0.15) is 5.69 Å². The molecule has 0 atom stereocenters. The normalized spacial score (nSPS) is 13.4. The topological polar surface area (TPSA) is 70.7 Å². The Morgan fingerprint density at radius 1 is 1.41 bits per heavy atom. The lowest BCUT2D eigenvalue weighted by atomic mass is 10.2. The number of nitrogens with zero attached hydrogens (tertiary/aromatic N) is 2. The van der Waals surface area contributed by atoms with Crippen LogP contribution in [0.3, 0.4) is 0 Å². The molecular weight excluding hydrogens is 216 g/mol. The van der Waals surface area contributed by atoms with Crippen molar-refractivity contribution in [3.63, 3.8) is 0 Å². The van der Waals surface area contributed by atoms with Crippen molar-refractivity contribution < 1.29 is 4.79 Å². The van der Waals surface area contributed by atoms with Crippen molar-refractivity contribution in [3.05, 3.63) is 41.5 Å². The number of H-pyrrole nitrogens is 1. The number of carbonyl (C=O) groups is 1. The van der Waals surface area contributed by atoms with Crippen molar-refractivity contribution in [2.45, 2.75) is 19.3 Å². The first-order chi connectivity index (χ1) is 8.33. The summed E-state index contributed by atoms with van der Waals surface area (Å²) in [5, 5.41) is 9.17. The molecule has 0 aliphatic heterocycles. The zero-order chi connectivity index (χ0) is 11.7. The maximum Gasteiger partial charge on any atom is 0.273 e. The number of aromatic nitrogens is 3. The van der Waals surface area contributed by atoms with Gasteiger partial charge in [-0.3, -0.25) is 14.9 Å². The molecule has 2 N–H and O–H groups in total. The number of fused-ring (bicyclic) bond motifs is 1. The number of hydrogen-bond acceptors (Lipinski definition) is 3. The predicted octanol–water partition coefficient (Wildman–Crippen LogP) is 1.55. The Morgan fingerprint density at radius 3 is 3.18 bits per heavy atom. The van der Waals surface area contributed by atoms with E-state index in [4.69, 9.17) is 0 Å². The van der Waals surface area contributed by atoms with E-state index in [1.54, 1.807) is 18.5 Å². The van der Waals surface area contributed by atoms with Crippen molar-refractivity contribution in [2.75, 3.05) is 5.32 Å². The summed E-state index contributed by atoms with van der Waals surface area (Å²) >= 11 is 0. The average Bonchev–Trinajstić information content (AvgIpc) is 2.99. The molecule has 2 heterocycles. The van der Waals surface area contributed by atoms with Gasteiger partial charge in [0.2, 0.25) is 0 Å². The number of pyridine rings is 1. The van der Waals surface area contributed by atoms with E-state index in [1.807, 2.05) is 6.07 Å². The van der Waals surface area contributed by atoms with Gasteiger partial charge in [0.05, 0.1) is 11.9 Å². The first-order valence-electron chi connectivity index (χ1n) is 5.61. The van der Waals surface area contributed by atoms with Crippen LogP contribution in [0, 0.1) is 0 Å². The summed E-state index contributed by atoms with van der Waals surface area (Å²) < 4.78 is 0. The van der Waals surface area contributed by atoms with E-state index >= 15 is 0 Å². The summed E-state index contributed by atoms with van der Waals surface area (Å²) in [6.45, 7) is 0. The fourth-order valence-corrected chi connectivity index (χ4v) is 2.08. The van der Waals surface area contributed by atoms with Crippen LogP contribution < -0.4 is 5.32 Å². The van der Waals surface area contributed by atoms with Gasteiger partial charge >= 0.3 is 0 Å². The van der Waals surface area contributed by atoms with Gasteiger partial charge in [0.25, 0.3) is 5.91 Å². The smallest absolute Gasteiger partial charge is 0.273 e. The monoisotopic (exact) mass is 228 g/mol. The molecule has 2 aromatic heterocycles. The Morgan fingerprint density at radius 2 is 2.35 bits per heavy atom. The van der Waals surface area contributed by atoms with Crippen LogP contribution in [0.1, 0.15) is 28.2 Å². The van der Waals surface area contributed by atoms with Gasteiger partial charge in [-0.2, -0.15) is 5.10 Å². The van der Waals surface area contributed by atoms with Gasteiger partial charge in [-0.05, 0) is 37.0 Å². The number of hydrogen-bond donors (Lipinski definition) is 2. The van der Waals surface area contributed by atoms with E-state index in [0.29, 0.717) is 5.69 Å². The molecule has 3 rings (SSSR count). The van der Waals surface area contributed by atoms with Crippen LogP contribution in [0.25, 0.3) is 0 Å². The number of nitrogens with one attached hydrogen (secondary N) is 2. The average molecular weight is 228 g/mol. The second kappa shape index (κ2) is 4.01. The highest BCUT2D eigenvalue weighted by atomic mass is 16.1. The second-order valence-corrected chi connectivity index (χ2v) is 4.11. The molecule has 5 heteroatoms. The summed E-state index contributed by atoms with van der Waals surface area (Å²) in [5.41, 5.74) is 3.59. The van der Waals surface area contributed by atoms with Crippen LogP contribution in [0.2, 0.25) is 0 Å². The van der Waals surface area contributed by atoms with Crippen molar-refractivity contribution in [1.29, 1.82) is 0 Å². The number of anilines is 1. The molecule has 0 aromatic carbocycles. The molecule has 2 aromatic rings. The second-order valence-electron chi connectivity index (χ2n) is 4.11. The number of aryl methyl sites for hydroxylation is 2. The largest absolute Gasteiger partial charge is 0.319 e. The van der Waals surface area contributed by atoms with Crippen LogP contribution in [0.15, 0.2) is 24.5 Å². The maximum absolute atomic E-state index is 11.8. The molecule has 0 bridgehead atoms. The van der Waals surface area contributed by atoms with Crippen molar-refractivity contribution in [3.8, 4) is 0 Å². The molecule has 86 valence electrons. The van der Waals surface area contributed by atoms with Crippen LogP contribution in [0.4, 0.5) is 5.69 Å². The Hall–Kier alpha value is -2.17. The quantitative estimate of drug-likeness (QED) is 0.819. The molecule has 0 fully saturated rings. The standard InChI is InChI=1S/C12H12N4O/c17-12(11-4-5-14-16-11)15-9-6-8-2-1-3-10(8)13-7-9/h4-7H,1-3H2,(H,14,16)(H,15,17). The van der Waals surface area contributed by atoms with E-state index < -0.39 is 0 Å². The molecule has 1 amide bonds. The molecule has 0 saturated carbocycles.